The second-order valence-electron chi connectivity index (χ2n) is 3.12. The summed E-state index contributed by atoms with van der Waals surface area (Å²) in [5, 5.41) is 16.9. The summed E-state index contributed by atoms with van der Waals surface area (Å²) in [6.07, 6.45) is 2.09. The van der Waals surface area contributed by atoms with Crippen LogP contribution in [0.15, 0.2) is 30.5 Å². The number of H-pyrrole nitrogens is 1. The second kappa shape index (κ2) is 3.93. The molecule has 0 amide bonds. The van der Waals surface area contributed by atoms with Crippen LogP contribution in [0.25, 0.3) is 11.3 Å². The lowest BCUT2D eigenvalue weighted by Gasteiger charge is -1.98. The van der Waals surface area contributed by atoms with Crippen LogP contribution in [-0.2, 0) is 0 Å². The molecule has 6 heteroatoms. The van der Waals surface area contributed by atoms with Gasteiger partial charge >= 0.3 is 0 Å². The van der Waals surface area contributed by atoms with Crippen molar-refractivity contribution in [2.24, 2.45) is 0 Å². The van der Waals surface area contributed by atoms with E-state index in [-0.39, 0.29) is 5.69 Å². The molecule has 1 aromatic carbocycles. The minimum absolute atomic E-state index is 0.0101. The molecule has 0 bridgehead atoms. The fraction of sp³-hybridized carbons (Fsp3) is 0. The molecule has 0 fully saturated rings. The largest absolute Gasteiger partial charge is 0.298 e. The molecule has 0 aliphatic carbocycles. The van der Waals surface area contributed by atoms with Crippen LogP contribution in [0.4, 0.5) is 5.69 Å². The highest BCUT2D eigenvalue weighted by Gasteiger charge is 2.09. The lowest BCUT2D eigenvalue weighted by molar-refractivity contribution is -0.384. The summed E-state index contributed by atoms with van der Waals surface area (Å²) in [7, 11) is 0. The summed E-state index contributed by atoms with van der Waals surface area (Å²) >= 11 is 0. The zero-order valence-electron chi connectivity index (χ0n) is 8.08. The Hall–Kier alpha value is -2.50. The van der Waals surface area contributed by atoms with E-state index in [2.05, 4.69) is 10.2 Å². The predicted octanol–water partition coefficient (Wildman–Crippen LogP) is 1.80. The van der Waals surface area contributed by atoms with E-state index in [1.54, 1.807) is 12.1 Å². The van der Waals surface area contributed by atoms with Gasteiger partial charge in [-0.15, -0.1) is 0 Å². The molecule has 0 saturated heterocycles. The minimum atomic E-state index is -0.475. The molecular weight excluding hydrogens is 210 g/mol. The van der Waals surface area contributed by atoms with Gasteiger partial charge in [0.1, 0.15) is 0 Å². The number of aromatic amines is 1. The third-order valence-corrected chi connectivity index (χ3v) is 2.16. The van der Waals surface area contributed by atoms with Gasteiger partial charge < -0.3 is 0 Å². The number of benzene rings is 1. The number of hydrogen-bond acceptors (Lipinski definition) is 4. The summed E-state index contributed by atoms with van der Waals surface area (Å²) in [6.45, 7) is 0. The molecule has 16 heavy (non-hydrogen) atoms. The number of nitro groups is 1. The van der Waals surface area contributed by atoms with Crippen LogP contribution in [0, 0.1) is 10.1 Å². The first-order chi connectivity index (χ1) is 7.72. The molecule has 0 saturated carbocycles. The molecule has 0 aliphatic rings. The molecule has 2 aromatic rings. The molecule has 1 N–H and O–H groups in total. The molecule has 0 spiro atoms. The van der Waals surface area contributed by atoms with Crippen molar-refractivity contribution in [3.8, 4) is 11.3 Å². The normalized spacial score (nSPS) is 10.0. The van der Waals surface area contributed by atoms with Gasteiger partial charge in [0.25, 0.3) is 5.69 Å². The Kier molecular flexibility index (Phi) is 2.47. The number of rotatable bonds is 3. The number of carbonyl (C=O) groups excluding carboxylic acids is 1. The van der Waals surface area contributed by atoms with Gasteiger partial charge in [0.15, 0.2) is 6.29 Å². The monoisotopic (exact) mass is 217 g/mol. The number of carbonyl (C=O) groups is 1. The smallest absolute Gasteiger partial charge is 0.269 e. The van der Waals surface area contributed by atoms with Gasteiger partial charge in [-0.25, -0.2) is 0 Å². The zero-order chi connectivity index (χ0) is 11.5. The van der Waals surface area contributed by atoms with Crippen LogP contribution in [0.2, 0.25) is 0 Å². The SMILES string of the molecule is O=Cc1cn[nH]c1-c1ccc([N+](=O)[O-])cc1. The molecule has 80 valence electrons. The number of aromatic nitrogens is 2. The lowest BCUT2D eigenvalue weighted by atomic mass is 10.1. The van der Waals surface area contributed by atoms with Crippen molar-refractivity contribution in [2.75, 3.05) is 0 Å². The number of aldehydes is 1. The Morgan fingerprint density at radius 2 is 2.00 bits per heavy atom. The number of nitrogens with one attached hydrogen (secondary N) is 1. The van der Waals surface area contributed by atoms with Gasteiger partial charge in [-0.1, -0.05) is 0 Å². The minimum Gasteiger partial charge on any atom is -0.298 e. The molecule has 0 atom stereocenters. The molecule has 0 unspecified atom stereocenters. The maximum atomic E-state index is 10.7. The van der Waals surface area contributed by atoms with Gasteiger partial charge in [0, 0.05) is 17.7 Å². The summed E-state index contributed by atoms with van der Waals surface area (Å²) in [6, 6.07) is 5.90. The third-order valence-electron chi connectivity index (χ3n) is 2.16. The van der Waals surface area contributed by atoms with Crippen LogP contribution in [0.5, 0.6) is 0 Å². The fourth-order valence-electron chi connectivity index (χ4n) is 1.37. The number of nitro benzene ring substituents is 1. The molecule has 1 heterocycles. The van der Waals surface area contributed by atoms with E-state index in [0.717, 1.165) is 0 Å². The molecule has 2 rings (SSSR count). The van der Waals surface area contributed by atoms with E-state index in [4.69, 9.17) is 0 Å². The number of nitrogens with zero attached hydrogens (tertiary/aromatic N) is 2. The van der Waals surface area contributed by atoms with E-state index in [0.29, 0.717) is 23.1 Å². The fourth-order valence-corrected chi connectivity index (χ4v) is 1.37. The second-order valence-corrected chi connectivity index (χ2v) is 3.12. The summed E-state index contributed by atoms with van der Waals surface area (Å²) in [5.41, 5.74) is 1.68. The summed E-state index contributed by atoms with van der Waals surface area (Å²) in [4.78, 5) is 20.6. The van der Waals surface area contributed by atoms with E-state index < -0.39 is 4.92 Å². The molecule has 0 aliphatic heterocycles. The maximum absolute atomic E-state index is 10.7. The first-order valence-corrected chi connectivity index (χ1v) is 4.45. The van der Waals surface area contributed by atoms with Gasteiger partial charge in [-0.2, -0.15) is 5.10 Å². The van der Waals surface area contributed by atoms with Crippen molar-refractivity contribution in [3.63, 3.8) is 0 Å². The average Bonchev–Trinajstić information content (AvgIpc) is 2.77. The van der Waals surface area contributed by atoms with Crippen LogP contribution < -0.4 is 0 Å². The number of non-ortho nitro benzene ring substituents is 1. The predicted molar refractivity (Wildman–Crippen MR) is 56.1 cm³/mol. The lowest BCUT2D eigenvalue weighted by Crippen LogP contribution is -1.88. The molecule has 1 aromatic heterocycles. The Balaban J connectivity index is 2.42. The van der Waals surface area contributed by atoms with Crippen LogP contribution in [0.1, 0.15) is 10.4 Å². The highest BCUT2D eigenvalue weighted by Crippen LogP contribution is 2.22. The van der Waals surface area contributed by atoms with E-state index in [1.807, 2.05) is 0 Å². The van der Waals surface area contributed by atoms with Crippen molar-refractivity contribution in [2.45, 2.75) is 0 Å². The van der Waals surface area contributed by atoms with Crippen LogP contribution in [0.3, 0.4) is 0 Å². The van der Waals surface area contributed by atoms with Crippen molar-refractivity contribution < 1.29 is 9.72 Å². The zero-order valence-corrected chi connectivity index (χ0v) is 8.08. The molecule has 6 nitrogen and oxygen atoms in total. The Morgan fingerprint density at radius 3 is 2.56 bits per heavy atom. The Labute approximate surface area is 90.1 Å². The maximum Gasteiger partial charge on any atom is 0.269 e. The summed E-state index contributed by atoms with van der Waals surface area (Å²) < 4.78 is 0. The van der Waals surface area contributed by atoms with Crippen LogP contribution in [-0.4, -0.2) is 21.4 Å². The van der Waals surface area contributed by atoms with Crippen molar-refractivity contribution in [1.29, 1.82) is 0 Å². The summed E-state index contributed by atoms with van der Waals surface area (Å²) in [5.74, 6) is 0. The first-order valence-electron chi connectivity index (χ1n) is 4.45. The van der Waals surface area contributed by atoms with Gasteiger partial charge in [0.05, 0.1) is 22.4 Å². The Bertz CT molecular complexity index is 530. The first kappa shape index (κ1) is 10.0. The van der Waals surface area contributed by atoms with E-state index >= 15 is 0 Å². The molecular formula is C10H7N3O3. The standard InChI is InChI=1S/C10H7N3O3/c14-6-8-5-11-12-10(8)7-1-3-9(4-2-7)13(15)16/h1-6H,(H,11,12). The van der Waals surface area contributed by atoms with Crippen LogP contribution >= 0.6 is 0 Å². The third kappa shape index (κ3) is 1.68. The van der Waals surface area contributed by atoms with Crippen molar-refractivity contribution in [3.05, 3.63) is 46.1 Å². The highest BCUT2D eigenvalue weighted by atomic mass is 16.6. The number of hydrogen-bond donors (Lipinski definition) is 1. The molecule has 0 radical (unpaired) electrons. The topological polar surface area (TPSA) is 88.9 Å². The van der Waals surface area contributed by atoms with Crippen molar-refractivity contribution >= 4 is 12.0 Å². The van der Waals surface area contributed by atoms with Gasteiger partial charge in [-0.05, 0) is 12.1 Å². The van der Waals surface area contributed by atoms with Gasteiger partial charge in [0.2, 0.25) is 0 Å². The van der Waals surface area contributed by atoms with E-state index in [9.17, 15) is 14.9 Å². The average molecular weight is 217 g/mol. The quantitative estimate of drug-likeness (QED) is 0.482. The highest BCUT2D eigenvalue weighted by molar-refractivity contribution is 5.85. The van der Waals surface area contributed by atoms with Crippen molar-refractivity contribution in [1.82, 2.24) is 10.2 Å². The van der Waals surface area contributed by atoms with Gasteiger partial charge in [-0.3, -0.25) is 20.0 Å². The Morgan fingerprint density at radius 1 is 1.31 bits per heavy atom. The van der Waals surface area contributed by atoms with E-state index in [1.165, 1.54) is 18.3 Å².